The molecule has 0 saturated heterocycles. The Morgan fingerprint density at radius 2 is 1.65 bits per heavy atom. The van der Waals surface area contributed by atoms with Crippen LogP contribution in [0, 0.1) is 0 Å². The highest BCUT2D eigenvalue weighted by atomic mass is 16.4. The summed E-state index contributed by atoms with van der Waals surface area (Å²) in [6, 6.07) is 13.8. The molecule has 3 rings (SSSR count). The summed E-state index contributed by atoms with van der Waals surface area (Å²) in [5.41, 5.74) is 3.56. The summed E-state index contributed by atoms with van der Waals surface area (Å²) in [6.07, 6.45) is 1.71. The highest BCUT2D eigenvalue weighted by Gasteiger charge is 2.23. The summed E-state index contributed by atoms with van der Waals surface area (Å²) >= 11 is 0. The third-order valence-corrected chi connectivity index (χ3v) is 4.06. The Bertz CT molecular complexity index is 777. The maximum absolute atomic E-state index is 12.9. The molecule has 1 N–H and O–H groups in total. The van der Waals surface area contributed by atoms with Crippen LogP contribution in [0.3, 0.4) is 0 Å². The van der Waals surface area contributed by atoms with Gasteiger partial charge in [-0.3, -0.25) is 4.79 Å². The average Bonchev–Trinajstić information content (AvgIpc) is 2.74. The molecule has 2 aromatic rings. The highest BCUT2D eigenvalue weighted by molar-refractivity contribution is 6.08. The lowest BCUT2D eigenvalue weighted by Gasteiger charge is -2.23. The van der Waals surface area contributed by atoms with Crippen molar-refractivity contribution >= 4 is 23.1 Å². The van der Waals surface area contributed by atoms with Gasteiger partial charge in [0.2, 0.25) is 0 Å². The molecule has 0 fully saturated rings. The van der Waals surface area contributed by atoms with Crippen LogP contribution in [-0.2, 0) is 0 Å². The number of allylic oxidation sites excluding steroid dienone is 1. The fourth-order valence-corrected chi connectivity index (χ4v) is 2.84. The molecule has 0 aromatic heterocycles. The lowest BCUT2D eigenvalue weighted by atomic mass is 10.0. The number of rotatable bonds is 2. The zero-order chi connectivity index (χ0) is 16.4. The van der Waals surface area contributed by atoms with E-state index in [2.05, 4.69) is 6.58 Å². The van der Waals surface area contributed by atoms with Crippen LogP contribution in [-0.4, -0.2) is 23.5 Å². The van der Waals surface area contributed by atoms with Crippen molar-refractivity contribution in [2.75, 3.05) is 11.4 Å². The second-order valence-corrected chi connectivity index (χ2v) is 5.56. The van der Waals surface area contributed by atoms with Gasteiger partial charge in [-0.25, -0.2) is 4.79 Å². The fraction of sp³-hybridized carbons (Fsp3) is 0.158. The fourth-order valence-electron chi connectivity index (χ4n) is 2.84. The lowest BCUT2D eigenvalue weighted by molar-refractivity contribution is 0.0696. The second kappa shape index (κ2) is 6.08. The number of anilines is 1. The van der Waals surface area contributed by atoms with Crippen molar-refractivity contribution in [2.24, 2.45) is 0 Å². The average molecular weight is 307 g/mol. The van der Waals surface area contributed by atoms with Crippen molar-refractivity contribution in [1.29, 1.82) is 0 Å². The molecule has 2 aromatic carbocycles. The number of fused-ring (bicyclic) bond motifs is 1. The van der Waals surface area contributed by atoms with Crippen LogP contribution in [0.4, 0.5) is 5.69 Å². The summed E-state index contributed by atoms with van der Waals surface area (Å²) < 4.78 is 0. The molecule has 0 radical (unpaired) electrons. The Hall–Kier alpha value is -2.88. The predicted octanol–water partition coefficient (Wildman–Crippen LogP) is 3.84. The summed E-state index contributed by atoms with van der Waals surface area (Å²) in [5.74, 6) is -1.12. The monoisotopic (exact) mass is 307 g/mol. The van der Waals surface area contributed by atoms with Crippen molar-refractivity contribution in [3.63, 3.8) is 0 Å². The van der Waals surface area contributed by atoms with E-state index in [4.69, 9.17) is 5.11 Å². The molecule has 116 valence electrons. The molecule has 1 aliphatic rings. The van der Waals surface area contributed by atoms with Crippen molar-refractivity contribution < 1.29 is 14.7 Å². The smallest absolute Gasteiger partial charge is 0.335 e. The van der Waals surface area contributed by atoms with E-state index in [-0.39, 0.29) is 11.5 Å². The standard InChI is InChI=1S/C19H17NO3/c1-13-5-4-12-20(17-7-3-2-6-16(13)17)18(21)14-8-10-15(11-9-14)19(22)23/h2-3,6-11H,1,4-5,12H2,(H,22,23). The molecule has 1 aliphatic heterocycles. The Balaban J connectivity index is 1.97. The number of amides is 1. The molecule has 0 spiro atoms. The molecule has 0 bridgehead atoms. The zero-order valence-electron chi connectivity index (χ0n) is 12.7. The van der Waals surface area contributed by atoms with E-state index in [1.165, 1.54) is 12.1 Å². The molecular weight excluding hydrogens is 290 g/mol. The second-order valence-electron chi connectivity index (χ2n) is 5.56. The van der Waals surface area contributed by atoms with Crippen molar-refractivity contribution in [1.82, 2.24) is 0 Å². The first-order valence-electron chi connectivity index (χ1n) is 7.50. The molecule has 4 heteroatoms. The van der Waals surface area contributed by atoms with Gasteiger partial charge >= 0.3 is 5.97 Å². The Labute approximate surface area is 134 Å². The number of carbonyl (C=O) groups excluding carboxylic acids is 1. The number of para-hydroxylation sites is 1. The third kappa shape index (κ3) is 2.88. The van der Waals surface area contributed by atoms with E-state index in [9.17, 15) is 9.59 Å². The first-order chi connectivity index (χ1) is 11.1. The van der Waals surface area contributed by atoms with E-state index in [1.807, 2.05) is 24.3 Å². The van der Waals surface area contributed by atoms with E-state index in [0.29, 0.717) is 12.1 Å². The maximum Gasteiger partial charge on any atom is 0.335 e. The highest BCUT2D eigenvalue weighted by Crippen LogP contribution is 2.33. The lowest BCUT2D eigenvalue weighted by Crippen LogP contribution is -2.31. The predicted molar refractivity (Wildman–Crippen MR) is 89.8 cm³/mol. The van der Waals surface area contributed by atoms with Gasteiger partial charge in [0.1, 0.15) is 0 Å². The van der Waals surface area contributed by atoms with E-state index < -0.39 is 5.97 Å². The number of carboxylic acids is 1. The van der Waals surface area contributed by atoms with Crippen LogP contribution in [0.2, 0.25) is 0 Å². The van der Waals surface area contributed by atoms with Crippen molar-refractivity contribution in [2.45, 2.75) is 12.8 Å². The normalized spacial score (nSPS) is 14.1. The van der Waals surface area contributed by atoms with Gasteiger partial charge in [0, 0.05) is 17.7 Å². The van der Waals surface area contributed by atoms with Crippen molar-refractivity contribution in [3.05, 3.63) is 71.8 Å². The molecule has 0 atom stereocenters. The number of carboxylic acid groups (broad SMARTS) is 1. The maximum atomic E-state index is 12.9. The van der Waals surface area contributed by atoms with Gasteiger partial charge in [0.25, 0.3) is 5.91 Å². The van der Waals surface area contributed by atoms with E-state index in [1.54, 1.807) is 17.0 Å². The summed E-state index contributed by atoms with van der Waals surface area (Å²) in [7, 11) is 0. The minimum Gasteiger partial charge on any atom is -0.478 e. The molecular formula is C19H17NO3. The number of hydrogen-bond donors (Lipinski definition) is 1. The van der Waals surface area contributed by atoms with Gasteiger partial charge in [-0.15, -0.1) is 0 Å². The third-order valence-electron chi connectivity index (χ3n) is 4.06. The minimum atomic E-state index is -1.000. The van der Waals surface area contributed by atoms with Gasteiger partial charge < -0.3 is 10.0 Å². The number of hydrogen-bond acceptors (Lipinski definition) is 2. The summed E-state index contributed by atoms with van der Waals surface area (Å²) in [5, 5.41) is 8.95. The molecule has 4 nitrogen and oxygen atoms in total. The van der Waals surface area contributed by atoms with Crippen LogP contribution in [0.15, 0.2) is 55.1 Å². The van der Waals surface area contributed by atoms with Crippen LogP contribution >= 0.6 is 0 Å². The quantitative estimate of drug-likeness (QED) is 0.917. The van der Waals surface area contributed by atoms with Crippen LogP contribution in [0.1, 0.15) is 39.1 Å². The van der Waals surface area contributed by atoms with Gasteiger partial charge in [0.05, 0.1) is 11.3 Å². The summed E-state index contributed by atoms with van der Waals surface area (Å²) in [6.45, 7) is 4.73. The molecule has 0 aliphatic carbocycles. The zero-order valence-corrected chi connectivity index (χ0v) is 12.7. The number of nitrogens with zero attached hydrogens (tertiary/aromatic N) is 1. The largest absolute Gasteiger partial charge is 0.478 e. The number of aromatic carboxylic acids is 1. The molecule has 1 amide bonds. The Morgan fingerprint density at radius 3 is 2.35 bits per heavy atom. The SMILES string of the molecule is C=C1CCCN(C(=O)c2ccc(C(=O)O)cc2)c2ccccc21. The van der Waals surface area contributed by atoms with Crippen molar-refractivity contribution in [3.8, 4) is 0 Å². The molecule has 0 saturated carbocycles. The van der Waals surface area contributed by atoms with E-state index >= 15 is 0 Å². The first kappa shape index (κ1) is 15.0. The number of benzene rings is 2. The molecule has 23 heavy (non-hydrogen) atoms. The van der Waals surface area contributed by atoms with Crippen LogP contribution in [0.5, 0.6) is 0 Å². The first-order valence-corrected chi connectivity index (χ1v) is 7.50. The van der Waals surface area contributed by atoms with E-state index in [0.717, 1.165) is 29.7 Å². The van der Waals surface area contributed by atoms with Gasteiger partial charge in [-0.05, 0) is 48.7 Å². The summed E-state index contributed by atoms with van der Waals surface area (Å²) in [4.78, 5) is 25.5. The van der Waals surface area contributed by atoms with Gasteiger partial charge in [0.15, 0.2) is 0 Å². The number of carbonyl (C=O) groups is 2. The van der Waals surface area contributed by atoms with Gasteiger partial charge in [-0.2, -0.15) is 0 Å². The van der Waals surface area contributed by atoms with Crippen LogP contribution in [0.25, 0.3) is 5.57 Å². The van der Waals surface area contributed by atoms with Crippen LogP contribution < -0.4 is 4.90 Å². The Kier molecular flexibility index (Phi) is 3.98. The minimum absolute atomic E-state index is 0.121. The molecule has 1 heterocycles. The molecule has 0 unspecified atom stereocenters. The Morgan fingerprint density at radius 1 is 1.00 bits per heavy atom. The topological polar surface area (TPSA) is 57.6 Å². The van der Waals surface area contributed by atoms with Gasteiger partial charge in [-0.1, -0.05) is 24.8 Å².